The van der Waals surface area contributed by atoms with Crippen molar-refractivity contribution >= 4 is 17.3 Å². The van der Waals surface area contributed by atoms with Crippen molar-refractivity contribution in [3.05, 3.63) is 23.4 Å². The molecule has 0 N–H and O–H groups in total. The lowest BCUT2D eigenvalue weighted by molar-refractivity contribution is -0.149. The first-order chi connectivity index (χ1) is 10.8. The number of aromatic nitrogens is 2. The van der Waals surface area contributed by atoms with Crippen molar-refractivity contribution in [2.75, 3.05) is 13.2 Å². The molecule has 3 heterocycles. The summed E-state index contributed by atoms with van der Waals surface area (Å²) >= 11 is 1.55. The number of aryl methyl sites for hydroxylation is 1. The second-order valence-corrected chi connectivity index (χ2v) is 6.11. The van der Waals surface area contributed by atoms with E-state index in [1.54, 1.807) is 11.3 Å². The zero-order valence-corrected chi connectivity index (χ0v) is 13.0. The van der Waals surface area contributed by atoms with E-state index in [9.17, 15) is 4.79 Å². The molecule has 0 bridgehead atoms. The third kappa shape index (κ3) is 4.14. The number of thiophene rings is 1. The molecule has 0 aliphatic carbocycles. The number of rotatable bonds is 6. The van der Waals surface area contributed by atoms with Crippen LogP contribution in [0.1, 0.15) is 31.6 Å². The van der Waals surface area contributed by atoms with Crippen molar-refractivity contribution in [2.24, 2.45) is 0 Å². The van der Waals surface area contributed by atoms with Gasteiger partial charge < -0.3 is 14.0 Å². The smallest absolute Gasteiger partial charge is 0.306 e. The molecule has 0 amide bonds. The van der Waals surface area contributed by atoms with Gasteiger partial charge in [-0.15, -0.1) is 11.3 Å². The van der Waals surface area contributed by atoms with E-state index in [-0.39, 0.29) is 18.5 Å². The van der Waals surface area contributed by atoms with Crippen LogP contribution >= 0.6 is 11.3 Å². The minimum Gasteiger partial charge on any atom is -0.463 e. The van der Waals surface area contributed by atoms with E-state index in [0.717, 1.165) is 30.7 Å². The van der Waals surface area contributed by atoms with Gasteiger partial charge in [-0.25, -0.2) is 0 Å². The standard InChI is InChI=1S/C15H18N2O4S/c18-14(20-10-11-4-1-2-8-19-11)7-6-13-16-15(17-21-13)12-5-3-9-22-12/h3,5,9,11H,1-2,4,6-8,10H2. The molecular formula is C15H18N2O4S. The zero-order chi connectivity index (χ0) is 15.2. The molecule has 1 unspecified atom stereocenters. The lowest BCUT2D eigenvalue weighted by atomic mass is 10.1. The molecule has 1 atom stereocenters. The first-order valence-electron chi connectivity index (χ1n) is 7.45. The summed E-state index contributed by atoms with van der Waals surface area (Å²) < 4.78 is 15.9. The second kappa shape index (κ2) is 7.51. The maximum Gasteiger partial charge on any atom is 0.306 e. The third-order valence-electron chi connectivity index (χ3n) is 3.46. The second-order valence-electron chi connectivity index (χ2n) is 5.16. The van der Waals surface area contributed by atoms with Crippen LogP contribution in [0.15, 0.2) is 22.0 Å². The minimum atomic E-state index is -0.259. The van der Waals surface area contributed by atoms with Crippen LogP contribution in [0.3, 0.4) is 0 Å². The van der Waals surface area contributed by atoms with Crippen LogP contribution in [0.5, 0.6) is 0 Å². The predicted molar refractivity (Wildman–Crippen MR) is 80.5 cm³/mol. The van der Waals surface area contributed by atoms with Crippen LogP contribution in [0, 0.1) is 0 Å². The van der Waals surface area contributed by atoms with Gasteiger partial charge >= 0.3 is 5.97 Å². The molecule has 1 saturated heterocycles. The van der Waals surface area contributed by atoms with Crippen LogP contribution in [0.25, 0.3) is 10.7 Å². The molecule has 2 aromatic heterocycles. The normalized spacial score (nSPS) is 18.3. The summed E-state index contributed by atoms with van der Waals surface area (Å²) in [5.74, 6) is 0.758. The number of nitrogens with zero attached hydrogens (tertiary/aromatic N) is 2. The van der Waals surface area contributed by atoms with E-state index in [1.165, 1.54) is 0 Å². The molecule has 0 radical (unpaired) electrons. The Bertz CT molecular complexity index is 590. The highest BCUT2D eigenvalue weighted by Gasteiger charge is 2.17. The van der Waals surface area contributed by atoms with Gasteiger partial charge in [0.05, 0.1) is 17.4 Å². The highest BCUT2D eigenvalue weighted by Crippen LogP contribution is 2.21. The maximum absolute atomic E-state index is 11.7. The summed E-state index contributed by atoms with van der Waals surface area (Å²) in [5, 5.41) is 5.86. The van der Waals surface area contributed by atoms with Crippen LogP contribution < -0.4 is 0 Å². The fraction of sp³-hybridized carbons (Fsp3) is 0.533. The number of hydrogen-bond donors (Lipinski definition) is 0. The van der Waals surface area contributed by atoms with E-state index < -0.39 is 0 Å². The molecule has 0 saturated carbocycles. The highest BCUT2D eigenvalue weighted by atomic mass is 32.1. The maximum atomic E-state index is 11.7. The molecule has 2 aromatic rings. The molecular weight excluding hydrogens is 304 g/mol. The monoisotopic (exact) mass is 322 g/mol. The summed E-state index contributed by atoms with van der Waals surface area (Å²) in [7, 11) is 0. The van der Waals surface area contributed by atoms with E-state index in [2.05, 4.69) is 10.1 Å². The Labute approximate surface area is 132 Å². The number of ether oxygens (including phenoxy) is 2. The van der Waals surface area contributed by atoms with Crippen molar-refractivity contribution in [1.82, 2.24) is 10.1 Å². The average Bonchev–Trinajstić information content (AvgIpc) is 3.22. The quantitative estimate of drug-likeness (QED) is 0.761. The lowest BCUT2D eigenvalue weighted by Crippen LogP contribution is -2.26. The third-order valence-corrected chi connectivity index (χ3v) is 4.32. The highest BCUT2D eigenvalue weighted by molar-refractivity contribution is 7.13. The lowest BCUT2D eigenvalue weighted by Gasteiger charge is -2.21. The largest absolute Gasteiger partial charge is 0.463 e. The van der Waals surface area contributed by atoms with E-state index >= 15 is 0 Å². The van der Waals surface area contributed by atoms with Crippen LogP contribution in [-0.4, -0.2) is 35.4 Å². The molecule has 1 aliphatic rings. The van der Waals surface area contributed by atoms with Crippen LogP contribution in [0.2, 0.25) is 0 Å². The van der Waals surface area contributed by atoms with Gasteiger partial charge in [-0.3, -0.25) is 4.79 Å². The van der Waals surface area contributed by atoms with Crippen molar-refractivity contribution in [3.8, 4) is 10.7 Å². The number of carbonyl (C=O) groups is 1. The van der Waals surface area contributed by atoms with Gasteiger partial charge in [0.2, 0.25) is 11.7 Å². The Morgan fingerprint density at radius 3 is 3.18 bits per heavy atom. The Morgan fingerprint density at radius 2 is 2.41 bits per heavy atom. The van der Waals surface area contributed by atoms with Crippen LogP contribution in [-0.2, 0) is 20.7 Å². The average molecular weight is 322 g/mol. The van der Waals surface area contributed by atoms with Gasteiger partial charge in [0.25, 0.3) is 0 Å². The fourth-order valence-corrected chi connectivity index (χ4v) is 2.92. The van der Waals surface area contributed by atoms with E-state index in [4.69, 9.17) is 14.0 Å². The van der Waals surface area contributed by atoms with Crippen molar-refractivity contribution in [1.29, 1.82) is 0 Å². The molecule has 22 heavy (non-hydrogen) atoms. The Balaban J connectivity index is 1.41. The summed E-state index contributed by atoms with van der Waals surface area (Å²) in [4.78, 5) is 17.0. The zero-order valence-electron chi connectivity index (χ0n) is 12.2. The van der Waals surface area contributed by atoms with Crippen molar-refractivity contribution < 1.29 is 18.8 Å². The molecule has 118 valence electrons. The molecule has 0 spiro atoms. The molecule has 0 aromatic carbocycles. The Hall–Kier alpha value is -1.73. The van der Waals surface area contributed by atoms with Gasteiger partial charge in [0.15, 0.2) is 0 Å². The van der Waals surface area contributed by atoms with Gasteiger partial charge in [0, 0.05) is 13.0 Å². The van der Waals surface area contributed by atoms with Gasteiger partial charge in [0.1, 0.15) is 6.61 Å². The number of carbonyl (C=O) groups excluding carboxylic acids is 1. The van der Waals surface area contributed by atoms with Gasteiger partial charge in [-0.2, -0.15) is 4.98 Å². The summed E-state index contributed by atoms with van der Waals surface area (Å²) in [6.07, 6.45) is 3.86. The van der Waals surface area contributed by atoms with Gasteiger partial charge in [-0.1, -0.05) is 11.2 Å². The van der Waals surface area contributed by atoms with Crippen LogP contribution in [0.4, 0.5) is 0 Å². The molecule has 3 rings (SSSR count). The first kappa shape index (κ1) is 15.2. The molecule has 1 fully saturated rings. The molecule has 7 heteroatoms. The van der Waals surface area contributed by atoms with Crippen molar-refractivity contribution in [2.45, 2.75) is 38.2 Å². The van der Waals surface area contributed by atoms with Crippen molar-refractivity contribution in [3.63, 3.8) is 0 Å². The number of esters is 1. The molecule has 1 aliphatic heterocycles. The minimum absolute atomic E-state index is 0.0477. The Kier molecular flexibility index (Phi) is 5.18. The Morgan fingerprint density at radius 1 is 1.45 bits per heavy atom. The fourth-order valence-electron chi connectivity index (χ4n) is 2.27. The first-order valence-corrected chi connectivity index (χ1v) is 8.33. The predicted octanol–water partition coefficient (Wildman–Crippen LogP) is 2.84. The van der Waals surface area contributed by atoms with E-state index in [1.807, 2.05) is 17.5 Å². The summed E-state index contributed by atoms with van der Waals surface area (Å²) in [5.41, 5.74) is 0. The molecule has 6 nitrogen and oxygen atoms in total. The summed E-state index contributed by atoms with van der Waals surface area (Å²) in [6.45, 7) is 1.10. The summed E-state index contributed by atoms with van der Waals surface area (Å²) in [6, 6.07) is 3.86. The topological polar surface area (TPSA) is 74.5 Å². The van der Waals surface area contributed by atoms with E-state index in [0.29, 0.717) is 24.7 Å². The number of hydrogen-bond acceptors (Lipinski definition) is 7. The SMILES string of the molecule is O=C(CCc1nc(-c2cccs2)no1)OCC1CCCCO1. The van der Waals surface area contributed by atoms with Gasteiger partial charge in [-0.05, 0) is 30.7 Å².